The number of benzene rings is 1. The van der Waals surface area contributed by atoms with Crippen LogP contribution in [0.15, 0.2) is 21.3 Å². The van der Waals surface area contributed by atoms with E-state index in [1.54, 1.807) is 6.92 Å². The van der Waals surface area contributed by atoms with E-state index in [0.717, 1.165) is 21.5 Å². The van der Waals surface area contributed by atoms with Gasteiger partial charge in [-0.15, -0.1) is 9.78 Å². The Morgan fingerprint density at radius 3 is 2.46 bits per heavy atom. The van der Waals surface area contributed by atoms with E-state index < -0.39 is 22.2 Å². The minimum absolute atomic E-state index is 0.0901. The zero-order chi connectivity index (χ0) is 21.0. The van der Waals surface area contributed by atoms with Crippen molar-refractivity contribution < 1.29 is 22.7 Å². The van der Waals surface area contributed by atoms with E-state index in [9.17, 15) is 22.8 Å². The van der Waals surface area contributed by atoms with Crippen LogP contribution in [0.1, 0.15) is 36.2 Å². The molecular formula is C16H19N5O6S. The fraction of sp³-hybridized carbons (Fsp3) is 0.375. The van der Waals surface area contributed by atoms with Crippen LogP contribution in [0.4, 0.5) is 16.2 Å². The number of nitrogens with one attached hydrogen (secondary N) is 1. The molecule has 2 bridgehead atoms. The summed E-state index contributed by atoms with van der Waals surface area (Å²) in [5.41, 5.74) is 3.40. The molecule has 0 unspecified atom stereocenters. The third-order valence-electron chi connectivity index (χ3n) is 3.89. The molecule has 0 fully saturated rings. The van der Waals surface area contributed by atoms with Crippen molar-refractivity contribution in [3.8, 4) is 6.01 Å². The lowest BCUT2D eigenvalue weighted by atomic mass is 9.96. The largest absolute Gasteiger partial charge is 0.464 e. The molecule has 0 radical (unpaired) electrons. The summed E-state index contributed by atoms with van der Waals surface area (Å²) in [7, 11) is -1.60. The van der Waals surface area contributed by atoms with Gasteiger partial charge < -0.3 is 10.1 Å². The number of fused-ring (bicyclic) bond motifs is 2. The molecule has 0 saturated carbocycles. The number of rotatable bonds is 4. The maximum atomic E-state index is 11.4. The molecule has 1 N–H and O–H groups in total. The van der Waals surface area contributed by atoms with Crippen molar-refractivity contribution in [2.24, 2.45) is 11.4 Å². The molecule has 3 heterocycles. The zero-order valence-electron chi connectivity index (χ0n) is 15.7. The summed E-state index contributed by atoms with van der Waals surface area (Å²) < 4.78 is 29.1. The molecule has 2 aliphatic heterocycles. The molecule has 0 aliphatic carbocycles. The van der Waals surface area contributed by atoms with Gasteiger partial charge in [0.15, 0.2) is 5.78 Å². The lowest BCUT2D eigenvalue weighted by Gasteiger charge is -2.25. The first-order valence-corrected chi connectivity index (χ1v) is 9.32. The summed E-state index contributed by atoms with van der Waals surface area (Å²) in [4.78, 5) is 33.9. The molecule has 12 heteroatoms. The summed E-state index contributed by atoms with van der Waals surface area (Å²) in [6.07, 6.45) is 0.577. The predicted octanol–water partition coefficient (Wildman–Crippen LogP) is 1.66. The molecule has 1 amide bonds. The van der Waals surface area contributed by atoms with Gasteiger partial charge in [-0.25, -0.2) is 14.2 Å². The zero-order valence-corrected chi connectivity index (χ0v) is 16.5. The lowest BCUT2D eigenvalue weighted by molar-refractivity contribution is 0.0988. The van der Waals surface area contributed by atoms with Crippen LogP contribution in [-0.4, -0.2) is 41.2 Å². The molecule has 0 atom stereocenters. The average Bonchev–Trinajstić information content (AvgIpc) is 2.95. The molecule has 1 aromatic carbocycles. The second-order valence-electron chi connectivity index (χ2n) is 5.62. The van der Waals surface area contributed by atoms with Crippen molar-refractivity contribution in [2.75, 3.05) is 11.9 Å². The summed E-state index contributed by atoms with van der Waals surface area (Å²) in [5, 5.41) is 6.63. The van der Waals surface area contributed by atoms with Crippen molar-refractivity contribution in [1.82, 2.24) is 14.3 Å². The number of ketones is 1. The van der Waals surface area contributed by atoms with Crippen LogP contribution >= 0.6 is 0 Å². The monoisotopic (exact) mass is 409 g/mol. The fourth-order valence-electron chi connectivity index (χ4n) is 2.40. The molecule has 2 aromatic rings. The highest BCUT2D eigenvalue weighted by Crippen LogP contribution is 2.39. The number of carbonyl (C=O) groups is 2. The van der Waals surface area contributed by atoms with Crippen LogP contribution in [0.25, 0.3) is 0 Å². The van der Waals surface area contributed by atoms with Gasteiger partial charge in [0.1, 0.15) is 0 Å². The molecule has 2 aliphatic rings. The summed E-state index contributed by atoms with van der Waals surface area (Å²) in [6.45, 7) is 5.84. The average molecular weight is 409 g/mol. The highest BCUT2D eigenvalue weighted by Gasteiger charge is 2.21. The first kappa shape index (κ1) is 21.0. The quantitative estimate of drug-likeness (QED) is 0.641. The normalized spacial score (nSPS) is 10.7. The Morgan fingerprint density at radius 2 is 1.96 bits per heavy atom. The maximum Gasteiger partial charge on any atom is 0.387 e. The molecule has 4 rings (SSSR count). The third-order valence-corrected chi connectivity index (χ3v) is 4.20. The number of aromatic nitrogens is 3. The van der Waals surface area contributed by atoms with Gasteiger partial charge in [-0.2, -0.15) is 8.42 Å². The summed E-state index contributed by atoms with van der Waals surface area (Å²) in [6, 6.07) is 2.48. The number of anilines is 2. The highest BCUT2D eigenvalue weighted by molar-refractivity contribution is 7.62. The van der Waals surface area contributed by atoms with Crippen molar-refractivity contribution in [3.63, 3.8) is 0 Å². The van der Waals surface area contributed by atoms with E-state index in [0.29, 0.717) is 11.1 Å². The molecular weight excluding hydrogens is 390 g/mol. The number of aryl methyl sites for hydroxylation is 1. The van der Waals surface area contributed by atoms with Gasteiger partial charge >= 0.3 is 28.2 Å². The topological polar surface area (TPSA) is 142 Å². The van der Waals surface area contributed by atoms with Crippen LogP contribution < -0.4 is 15.7 Å². The van der Waals surface area contributed by atoms with Gasteiger partial charge in [0.2, 0.25) is 0 Å². The van der Waals surface area contributed by atoms with Gasteiger partial charge in [0.05, 0.1) is 12.3 Å². The Kier molecular flexibility index (Phi) is 6.46. The number of ether oxygens (including phenoxy) is 1. The molecule has 28 heavy (non-hydrogen) atoms. The van der Waals surface area contributed by atoms with Gasteiger partial charge in [0.25, 0.3) is 0 Å². The van der Waals surface area contributed by atoms with Crippen LogP contribution in [0.5, 0.6) is 6.01 Å². The van der Waals surface area contributed by atoms with E-state index in [-0.39, 0.29) is 18.4 Å². The van der Waals surface area contributed by atoms with Crippen LogP contribution in [-0.2, 0) is 17.5 Å². The summed E-state index contributed by atoms with van der Waals surface area (Å²) >= 11 is 0. The standard InChI is InChI=1S/C10H11NO.C6H8N4O5S/c1-3-9(12)7-4-5-8-6(2)10(7)11-8;1-3-15-5-7-10(6(12)9(5)2)4(11)8-16(13)14/h4-5,11H,3H2,1-2H3;3H2,1-2H3. The van der Waals surface area contributed by atoms with Crippen molar-refractivity contribution in [3.05, 3.63) is 33.7 Å². The number of hydrogen-bond donors (Lipinski definition) is 1. The highest BCUT2D eigenvalue weighted by atomic mass is 32.2. The molecule has 0 saturated heterocycles. The van der Waals surface area contributed by atoms with Crippen molar-refractivity contribution >= 4 is 33.7 Å². The van der Waals surface area contributed by atoms with Gasteiger partial charge in [-0.05, 0) is 31.5 Å². The second-order valence-corrected chi connectivity index (χ2v) is 6.24. The van der Waals surface area contributed by atoms with Gasteiger partial charge in [-0.1, -0.05) is 11.3 Å². The minimum Gasteiger partial charge on any atom is -0.464 e. The Labute approximate surface area is 161 Å². The summed E-state index contributed by atoms with van der Waals surface area (Å²) in [5.74, 6) is 0.215. The minimum atomic E-state index is -2.93. The van der Waals surface area contributed by atoms with Crippen molar-refractivity contribution in [1.29, 1.82) is 0 Å². The predicted molar refractivity (Wildman–Crippen MR) is 99.9 cm³/mol. The van der Waals surface area contributed by atoms with Crippen LogP contribution in [0.3, 0.4) is 0 Å². The smallest absolute Gasteiger partial charge is 0.387 e. The fourth-order valence-corrected chi connectivity index (χ4v) is 2.61. The Hall–Kier alpha value is -3.28. The Balaban J connectivity index is 0.000000207. The first-order valence-electron chi connectivity index (χ1n) is 8.29. The lowest BCUT2D eigenvalue weighted by Crippen LogP contribution is -2.27. The van der Waals surface area contributed by atoms with Crippen LogP contribution in [0.2, 0.25) is 0 Å². The molecule has 150 valence electrons. The first-order chi connectivity index (χ1) is 13.2. The number of Topliss-reactive ketones (excluding diaryl/α,β-unsaturated/α-hetero) is 1. The van der Waals surface area contributed by atoms with E-state index in [4.69, 9.17) is 4.74 Å². The second kappa shape index (κ2) is 8.61. The SMILES string of the molecule is CCC(=O)c1ccc2c(C)c1N2.CCOc1nn(C(=O)N=S(=O)=O)c(=O)n1C. The van der Waals surface area contributed by atoms with Crippen LogP contribution in [0, 0.1) is 6.92 Å². The molecule has 11 nitrogen and oxygen atoms in total. The van der Waals surface area contributed by atoms with E-state index in [2.05, 4.69) is 14.8 Å². The number of carbonyl (C=O) groups excluding carboxylic acids is 2. The Bertz CT molecular complexity index is 1120. The molecule has 0 spiro atoms. The van der Waals surface area contributed by atoms with Gasteiger partial charge in [0, 0.05) is 24.7 Å². The van der Waals surface area contributed by atoms with Crippen molar-refractivity contribution in [2.45, 2.75) is 27.2 Å². The number of hydrogen-bond acceptors (Lipinski definition) is 8. The number of amides is 1. The van der Waals surface area contributed by atoms with Gasteiger partial charge in [-0.3, -0.25) is 4.79 Å². The maximum absolute atomic E-state index is 11.4. The third kappa shape index (κ3) is 4.17. The Morgan fingerprint density at radius 1 is 1.29 bits per heavy atom. The number of nitrogens with zero attached hydrogens (tertiary/aromatic N) is 4. The molecule has 1 aromatic heterocycles. The van der Waals surface area contributed by atoms with E-state index >= 15 is 0 Å². The van der Waals surface area contributed by atoms with E-state index in [1.807, 2.05) is 26.0 Å². The van der Waals surface area contributed by atoms with E-state index in [1.165, 1.54) is 12.6 Å².